The van der Waals surface area contributed by atoms with E-state index in [1.54, 1.807) is 0 Å². The van der Waals surface area contributed by atoms with Crippen LogP contribution in [0.5, 0.6) is 0 Å². The quantitative estimate of drug-likeness (QED) is 0.762. The number of carbonyl (C=O) groups excluding carboxylic acids is 2. The number of thioether (sulfide) groups is 1. The molecule has 0 radical (unpaired) electrons. The van der Waals surface area contributed by atoms with Gasteiger partial charge in [0, 0.05) is 11.8 Å². The fourth-order valence-corrected chi connectivity index (χ4v) is 3.13. The molecule has 1 N–H and O–H groups in total. The first-order valence-corrected chi connectivity index (χ1v) is 8.09. The normalized spacial score (nSPS) is 19.5. The van der Waals surface area contributed by atoms with Crippen molar-refractivity contribution in [2.45, 2.75) is 57.2 Å². The Hall–Kier alpha value is -0.710. The van der Waals surface area contributed by atoms with Crippen molar-refractivity contribution in [1.82, 2.24) is 5.32 Å². The van der Waals surface area contributed by atoms with Gasteiger partial charge in [-0.1, -0.05) is 26.2 Å². The van der Waals surface area contributed by atoms with E-state index < -0.39 is 0 Å². The fourth-order valence-electron chi connectivity index (χ4n) is 2.20. The molecule has 0 aromatic rings. The molecule has 1 saturated carbocycles. The van der Waals surface area contributed by atoms with Gasteiger partial charge in [-0.2, -0.15) is 0 Å². The predicted molar refractivity (Wildman–Crippen MR) is 78.1 cm³/mol. The molecule has 1 rings (SSSR count). The number of carbonyl (C=O) groups is 2. The highest BCUT2D eigenvalue weighted by Crippen LogP contribution is 2.20. The zero-order valence-corrected chi connectivity index (χ0v) is 12.9. The summed E-state index contributed by atoms with van der Waals surface area (Å²) in [5.74, 6) is 0.327. The molecule has 0 saturated heterocycles. The largest absolute Gasteiger partial charge is 0.469 e. The van der Waals surface area contributed by atoms with Crippen LogP contribution in [0.4, 0.5) is 0 Å². The van der Waals surface area contributed by atoms with Crippen molar-refractivity contribution >= 4 is 23.6 Å². The summed E-state index contributed by atoms with van der Waals surface area (Å²) in [4.78, 5) is 23.3. The van der Waals surface area contributed by atoms with Gasteiger partial charge in [0.05, 0.1) is 18.3 Å². The van der Waals surface area contributed by atoms with Gasteiger partial charge in [-0.15, -0.1) is 11.8 Å². The maximum absolute atomic E-state index is 12.0. The van der Waals surface area contributed by atoms with Crippen LogP contribution in [0.25, 0.3) is 0 Å². The summed E-state index contributed by atoms with van der Waals surface area (Å²) in [7, 11) is 1.39. The SMILES string of the molecule is COC(=O)C(C)CSC(C)C(=O)NC1CCCCC1. The van der Waals surface area contributed by atoms with E-state index in [0.717, 1.165) is 12.8 Å². The van der Waals surface area contributed by atoms with Gasteiger partial charge in [-0.25, -0.2) is 0 Å². The molecule has 0 aromatic carbocycles. The number of esters is 1. The van der Waals surface area contributed by atoms with Crippen LogP contribution in [0.3, 0.4) is 0 Å². The van der Waals surface area contributed by atoms with Gasteiger partial charge >= 0.3 is 5.97 Å². The van der Waals surface area contributed by atoms with Crippen LogP contribution in [0.2, 0.25) is 0 Å². The Morgan fingerprint density at radius 3 is 2.47 bits per heavy atom. The van der Waals surface area contributed by atoms with Gasteiger partial charge in [-0.3, -0.25) is 9.59 Å². The molecule has 0 aromatic heterocycles. The molecule has 1 amide bonds. The van der Waals surface area contributed by atoms with Crippen LogP contribution < -0.4 is 5.32 Å². The lowest BCUT2D eigenvalue weighted by atomic mass is 9.95. The van der Waals surface area contributed by atoms with Crippen molar-refractivity contribution in [2.75, 3.05) is 12.9 Å². The van der Waals surface area contributed by atoms with E-state index >= 15 is 0 Å². The third-order valence-electron chi connectivity index (χ3n) is 3.52. The Kier molecular flexibility index (Phi) is 7.28. The van der Waals surface area contributed by atoms with Gasteiger partial charge in [0.2, 0.25) is 5.91 Å². The zero-order valence-electron chi connectivity index (χ0n) is 12.1. The molecular formula is C14H25NO3S. The van der Waals surface area contributed by atoms with Crippen LogP contribution in [0.1, 0.15) is 46.0 Å². The lowest BCUT2D eigenvalue weighted by Gasteiger charge is -2.24. The molecular weight excluding hydrogens is 262 g/mol. The minimum Gasteiger partial charge on any atom is -0.469 e. The number of rotatable bonds is 6. The molecule has 1 aliphatic rings. The van der Waals surface area contributed by atoms with Crippen LogP contribution in [0.15, 0.2) is 0 Å². The van der Waals surface area contributed by atoms with E-state index in [4.69, 9.17) is 0 Å². The number of amides is 1. The van der Waals surface area contributed by atoms with E-state index in [9.17, 15) is 9.59 Å². The van der Waals surface area contributed by atoms with Crippen molar-refractivity contribution in [3.8, 4) is 0 Å². The summed E-state index contributed by atoms with van der Waals surface area (Å²) in [5, 5.41) is 2.99. The average molecular weight is 287 g/mol. The molecule has 2 unspecified atom stereocenters. The van der Waals surface area contributed by atoms with E-state index in [0.29, 0.717) is 11.8 Å². The smallest absolute Gasteiger partial charge is 0.309 e. The average Bonchev–Trinajstić information content (AvgIpc) is 2.44. The minimum atomic E-state index is -0.215. The molecule has 2 atom stereocenters. The molecule has 0 spiro atoms. The molecule has 1 aliphatic carbocycles. The maximum Gasteiger partial charge on any atom is 0.309 e. The van der Waals surface area contributed by atoms with Crippen LogP contribution in [-0.4, -0.2) is 36.0 Å². The Bertz CT molecular complexity index is 303. The summed E-state index contributed by atoms with van der Waals surface area (Å²) >= 11 is 1.51. The Morgan fingerprint density at radius 2 is 1.89 bits per heavy atom. The molecule has 1 fully saturated rings. The van der Waals surface area contributed by atoms with Gasteiger partial charge in [0.25, 0.3) is 0 Å². The maximum atomic E-state index is 12.0. The zero-order chi connectivity index (χ0) is 14.3. The van der Waals surface area contributed by atoms with Gasteiger partial charge < -0.3 is 10.1 Å². The second kappa shape index (κ2) is 8.46. The van der Waals surface area contributed by atoms with E-state index in [1.807, 2.05) is 13.8 Å². The van der Waals surface area contributed by atoms with Crippen molar-refractivity contribution in [1.29, 1.82) is 0 Å². The third-order valence-corrected chi connectivity index (χ3v) is 4.93. The topological polar surface area (TPSA) is 55.4 Å². The van der Waals surface area contributed by atoms with Gasteiger partial charge in [-0.05, 0) is 19.8 Å². The number of hydrogen-bond acceptors (Lipinski definition) is 4. The minimum absolute atomic E-state index is 0.0916. The highest BCUT2D eigenvalue weighted by Gasteiger charge is 2.21. The van der Waals surface area contributed by atoms with E-state index in [2.05, 4.69) is 10.1 Å². The monoisotopic (exact) mass is 287 g/mol. The summed E-state index contributed by atoms with van der Waals surface area (Å²) < 4.78 is 4.67. The summed E-state index contributed by atoms with van der Waals surface area (Å²) in [5.41, 5.74) is 0. The highest BCUT2D eigenvalue weighted by molar-refractivity contribution is 8.00. The first kappa shape index (κ1) is 16.3. The second-order valence-electron chi connectivity index (χ2n) is 5.24. The molecule has 110 valence electrons. The second-order valence-corrected chi connectivity index (χ2v) is 6.62. The molecule has 4 nitrogen and oxygen atoms in total. The standard InChI is InChI=1S/C14H25NO3S/c1-10(14(17)18-3)9-19-11(2)13(16)15-12-7-5-4-6-8-12/h10-12H,4-9H2,1-3H3,(H,15,16). The first-order valence-electron chi connectivity index (χ1n) is 7.04. The fraction of sp³-hybridized carbons (Fsp3) is 0.857. The molecule has 0 aliphatic heterocycles. The van der Waals surface area contributed by atoms with Crippen molar-refractivity contribution in [2.24, 2.45) is 5.92 Å². The van der Waals surface area contributed by atoms with Gasteiger partial charge in [0.15, 0.2) is 0 Å². The first-order chi connectivity index (χ1) is 9.04. The Balaban J connectivity index is 2.26. The number of nitrogens with one attached hydrogen (secondary N) is 1. The van der Waals surface area contributed by atoms with Crippen LogP contribution in [0, 0.1) is 5.92 Å². The molecule has 5 heteroatoms. The lowest BCUT2D eigenvalue weighted by Crippen LogP contribution is -2.40. The molecule has 19 heavy (non-hydrogen) atoms. The Morgan fingerprint density at radius 1 is 1.26 bits per heavy atom. The number of hydrogen-bond donors (Lipinski definition) is 1. The highest BCUT2D eigenvalue weighted by atomic mass is 32.2. The number of ether oxygens (including phenoxy) is 1. The summed E-state index contributed by atoms with van der Waals surface area (Å²) in [6.07, 6.45) is 5.91. The lowest BCUT2D eigenvalue weighted by molar-refractivity contribution is -0.144. The van der Waals surface area contributed by atoms with Crippen molar-refractivity contribution in [3.05, 3.63) is 0 Å². The third kappa shape index (κ3) is 5.85. The van der Waals surface area contributed by atoms with E-state index in [1.165, 1.54) is 38.1 Å². The van der Waals surface area contributed by atoms with Crippen LogP contribution >= 0.6 is 11.8 Å². The van der Waals surface area contributed by atoms with E-state index in [-0.39, 0.29) is 23.0 Å². The molecule has 0 heterocycles. The van der Waals surface area contributed by atoms with Crippen molar-refractivity contribution in [3.63, 3.8) is 0 Å². The van der Waals surface area contributed by atoms with Crippen LogP contribution in [-0.2, 0) is 14.3 Å². The Labute approximate surface area is 120 Å². The predicted octanol–water partition coefficient (Wildman–Crippen LogP) is 2.37. The molecule has 0 bridgehead atoms. The van der Waals surface area contributed by atoms with Crippen molar-refractivity contribution < 1.29 is 14.3 Å². The number of methoxy groups -OCH3 is 1. The summed E-state index contributed by atoms with van der Waals surface area (Å²) in [6.45, 7) is 3.72. The summed E-state index contributed by atoms with van der Waals surface area (Å²) in [6, 6.07) is 0.349. The van der Waals surface area contributed by atoms with Gasteiger partial charge in [0.1, 0.15) is 0 Å².